The third-order valence-corrected chi connectivity index (χ3v) is 5.82. The van der Waals surface area contributed by atoms with Crippen molar-refractivity contribution in [2.24, 2.45) is 0 Å². The molecule has 0 saturated carbocycles. The van der Waals surface area contributed by atoms with E-state index in [0.717, 1.165) is 29.8 Å². The summed E-state index contributed by atoms with van der Waals surface area (Å²) in [6, 6.07) is 18.5. The van der Waals surface area contributed by atoms with Crippen molar-refractivity contribution in [3.8, 4) is 0 Å². The van der Waals surface area contributed by atoms with Gasteiger partial charge in [0, 0.05) is 24.3 Å². The highest BCUT2D eigenvalue weighted by Gasteiger charge is 2.48. The quantitative estimate of drug-likeness (QED) is 0.228. The van der Waals surface area contributed by atoms with E-state index < -0.39 is 53.0 Å². The molecule has 202 valence electrons. The van der Waals surface area contributed by atoms with E-state index in [1.807, 2.05) is 6.07 Å². The molecule has 0 aromatic heterocycles. The Hall–Kier alpha value is -4.72. The normalized spacial score (nSPS) is 20.2. The largest absolute Gasteiger partial charge is 0.459 e. The summed E-state index contributed by atoms with van der Waals surface area (Å²) in [5.41, 5.74) is 0.399. The summed E-state index contributed by atoms with van der Waals surface area (Å²) in [7, 11) is 0. The van der Waals surface area contributed by atoms with Gasteiger partial charge in [-0.25, -0.2) is 9.59 Å². The second-order valence-corrected chi connectivity index (χ2v) is 8.40. The molecule has 0 radical (unpaired) electrons. The van der Waals surface area contributed by atoms with Crippen molar-refractivity contribution in [3.05, 3.63) is 116 Å². The Morgan fingerprint density at radius 1 is 0.795 bits per heavy atom. The number of carbonyl (C=O) groups excluding carboxylic acids is 2. The zero-order chi connectivity index (χ0) is 27.9. The fraction of sp³-hybridized carbons (Fsp3) is 0.231. The Morgan fingerprint density at radius 2 is 1.33 bits per heavy atom. The molecular formula is C26H22N2O11. The summed E-state index contributed by atoms with van der Waals surface area (Å²) in [5, 5.41) is 32.3. The monoisotopic (exact) mass is 538 g/mol. The molecule has 0 amide bonds. The first-order chi connectivity index (χ1) is 18.7. The number of nitrogens with zero attached hydrogens (tertiary/aromatic N) is 2. The summed E-state index contributed by atoms with van der Waals surface area (Å²) in [6.45, 7) is -0.400. The second kappa shape index (κ2) is 12.2. The Bertz CT molecular complexity index is 1330. The van der Waals surface area contributed by atoms with Gasteiger partial charge in [0.15, 0.2) is 12.4 Å². The minimum Gasteiger partial charge on any atom is -0.459 e. The molecule has 13 heteroatoms. The number of hydrogen-bond acceptors (Lipinski definition) is 11. The first-order valence-electron chi connectivity index (χ1n) is 11.6. The average Bonchev–Trinajstić information content (AvgIpc) is 3.24. The molecule has 3 aromatic rings. The van der Waals surface area contributed by atoms with Crippen LogP contribution in [0.2, 0.25) is 0 Å². The molecule has 1 N–H and O–H groups in total. The minimum atomic E-state index is -1.54. The van der Waals surface area contributed by atoms with Crippen LogP contribution in [-0.2, 0) is 25.6 Å². The predicted molar refractivity (Wildman–Crippen MR) is 132 cm³/mol. The van der Waals surface area contributed by atoms with E-state index in [9.17, 15) is 34.9 Å². The second-order valence-electron chi connectivity index (χ2n) is 8.40. The highest BCUT2D eigenvalue weighted by molar-refractivity contribution is 5.90. The van der Waals surface area contributed by atoms with Gasteiger partial charge in [-0.15, -0.1) is 0 Å². The molecule has 1 heterocycles. The van der Waals surface area contributed by atoms with Gasteiger partial charge in [-0.2, -0.15) is 0 Å². The van der Waals surface area contributed by atoms with Crippen LogP contribution in [-0.4, -0.2) is 58.1 Å². The maximum atomic E-state index is 12.9. The topological polar surface area (TPSA) is 178 Å². The third kappa shape index (κ3) is 6.78. The fourth-order valence-corrected chi connectivity index (χ4v) is 3.80. The van der Waals surface area contributed by atoms with E-state index in [1.165, 1.54) is 24.3 Å². The van der Waals surface area contributed by atoms with Gasteiger partial charge in [0.1, 0.15) is 18.8 Å². The number of esters is 2. The number of ether oxygens (including phenoxy) is 4. The lowest BCUT2D eigenvalue weighted by molar-refractivity contribution is -0.385. The molecule has 3 aromatic carbocycles. The predicted octanol–water partition coefficient (Wildman–Crippen LogP) is 3.19. The van der Waals surface area contributed by atoms with Crippen molar-refractivity contribution in [2.45, 2.75) is 31.2 Å². The molecular weight excluding hydrogens is 516 g/mol. The van der Waals surface area contributed by atoms with Crippen molar-refractivity contribution in [2.75, 3.05) is 6.61 Å². The van der Waals surface area contributed by atoms with Crippen LogP contribution in [0.1, 0.15) is 26.3 Å². The number of rotatable bonds is 10. The SMILES string of the molecule is O=C(OCC1OC(O)C(OCc2ccccc2)C1OC(=O)c1ccc([N+](=O)[O-])cc1)c1ccc([N+](=O)[O-])cc1. The van der Waals surface area contributed by atoms with Crippen molar-refractivity contribution in [1.82, 2.24) is 0 Å². The summed E-state index contributed by atoms with van der Waals surface area (Å²) in [6.07, 6.45) is -5.05. The summed E-state index contributed by atoms with van der Waals surface area (Å²) in [4.78, 5) is 45.9. The number of hydrogen-bond donors (Lipinski definition) is 1. The van der Waals surface area contributed by atoms with E-state index in [4.69, 9.17) is 18.9 Å². The van der Waals surface area contributed by atoms with Gasteiger partial charge < -0.3 is 24.1 Å². The van der Waals surface area contributed by atoms with E-state index in [-0.39, 0.29) is 29.1 Å². The molecule has 1 aliphatic heterocycles. The zero-order valence-electron chi connectivity index (χ0n) is 20.2. The fourth-order valence-electron chi connectivity index (χ4n) is 3.80. The number of carbonyl (C=O) groups is 2. The molecule has 39 heavy (non-hydrogen) atoms. The number of aliphatic hydroxyl groups is 1. The Balaban J connectivity index is 1.48. The lowest BCUT2D eigenvalue weighted by atomic mass is 10.1. The molecule has 4 rings (SSSR count). The van der Waals surface area contributed by atoms with Gasteiger partial charge in [0.2, 0.25) is 0 Å². The third-order valence-electron chi connectivity index (χ3n) is 5.82. The minimum absolute atomic E-state index is 0.00502. The lowest BCUT2D eigenvalue weighted by Crippen LogP contribution is -2.40. The first kappa shape index (κ1) is 27.3. The summed E-state index contributed by atoms with van der Waals surface area (Å²) in [5.74, 6) is -1.69. The Morgan fingerprint density at radius 3 is 1.87 bits per heavy atom. The number of benzene rings is 3. The molecule has 0 aliphatic carbocycles. The Kier molecular flexibility index (Phi) is 8.56. The first-order valence-corrected chi connectivity index (χ1v) is 11.6. The van der Waals surface area contributed by atoms with Gasteiger partial charge in [-0.3, -0.25) is 20.2 Å². The summed E-state index contributed by atoms with van der Waals surface area (Å²) >= 11 is 0. The van der Waals surface area contributed by atoms with Crippen LogP contribution in [0.25, 0.3) is 0 Å². The summed E-state index contributed by atoms with van der Waals surface area (Å²) < 4.78 is 22.2. The zero-order valence-corrected chi connectivity index (χ0v) is 20.2. The van der Waals surface area contributed by atoms with Gasteiger partial charge in [0.05, 0.1) is 27.6 Å². The molecule has 4 atom stereocenters. The maximum absolute atomic E-state index is 12.9. The van der Waals surface area contributed by atoms with Crippen LogP contribution >= 0.6 is 0 Å². The van der Waals surface area contributed by atoms with E-state index in [2.05, 4.69) is 0 Å². The molecule has 4 unspecified atom stereocenters. The number of nitro benzene ring substituents is 2. The van der Waals surface area contributed by atoms with Crippen molar-refractivity contribution in [3.63, 3.8) is 0 Å². The average molecular weight is 538 g/mol. The molecule has 13 nitrogen and oxygen atoms in total. The lowest BCUT2D eigenvalue weighted by Gasteiger charge is -2.23. The van der Waals surface area contributed by atoms with Crippen LogP contribution in [0.15, 0.2) is 78.9 Å². The van der Waals surface area contributed by atoms with Crippen LogP contribution in [0.5, 0.6) is 0 Å². The van der Waals surface area contributed by atoms with Gasteiger partial charge in [0.25, 0.3) is 11.4 Å². The van der Waals surface area contributed by atoms with Crippen LogP contribution in [0.4, 0.5) is 11.4 Å². The highest BCUT2D eigenvalue weighted by Crippen LogP contribution is 2.28. The van der Waals surface area contributed by atoms with Crippen molar-refractivity contribution >= 4 is 23.3 Å². The molecule has 1 fully saturated rings. The number of nitro groups is 2. The van der Waals surface area contributed by atoms with Gasteiger partial charge in [-0.05, 0) is 29.8 Å². The van der Waals surface area contributed by atoms with Gasteiger partial charge in [-0.1, -0.05) is 30.3 Å². The maximum Gasteiger partial charge on any atom is 0.338 e. The van der Waals surface area contributed by atoms with E-state index in [0.29, 0.717) is 0 Å². The highest BCUT2D eigenvalue weighted by atomic mass is 16.7. The van der Waals surface area contributed by atoms with E-state index >= 15 is 0 Å². The molecule has 0 bridgehead atoms. The smallest absolute Gasteiger partial charge is 0.338 e. The van der Waals surface area contributed by atoms with Crippen LogP contribution in [0.3, 0.4) is 0 Å². The van der Waals surface area contributed by atoms with Crippen molar-refractivity contribution in [1.29, 1.82) is 0 Å². The number of non-ortho nitro benzene ring substituents is 2. The molecule has 1 saturated heterocycles. The van der Waals surface area contributed by atoms with Crippen LogP contribution < -0.4 is 0 Å². The van der Waals surface area contributed by atoms with Crippen LogP contribution in [0, 0.1) is 20.2 Å². The standard InChI is InChI=1S/C26H22N2O11/c29-24(17-6-10-19(11-7-17)27(32)33)37-15-21-22(39-25(30)18-8-12-20(13-9-18)28(34)35)23(26(31)38-21)36-14-16-4-2-1-3-5-16/h1-13,21-23,26,31H,14-15H2. The molecule has 0 spiro atoms. The number of aliphatic hydroxyl groups excluding tert-OH is 1. The Labute approximate surface area is 220 Å². The van der Waals surface area contributed by atoms with Crippen molar-refractivity contribution < 1.29 is 43.5 Å². The molecule has 1 aliphatic rings. The van der Waals surface area contributed by atoms with Gasteiger partial charge >= 0.3 is 11.9 Å². The van der Waals surface area contributed by atoms with E-state index in [1.54, 1.807) is 24.3 Å².